The summed E-state index contributed by atoms with van der Waals surface area (Å²) in [6.07, 6.45) is 0.370. The minimum atomic E-state index is -1.04. The van der Waals surface area contributed by atoms with E-state index < -0.39 is 17.9 Å². The average molecular weight is 309 g/mol. The predicted octanol–water partition coefficient (Wildman–Crippen LogP) is 2.32. The van der Waals surface area contributed by atoms with E-state index in [0.717, 1.165) is 0 Å². The van der Waals surface area contributed by atoms with Crippen LogP contribution in [0.1, 0.15) is 37.6 Å². The quantitative estimate of drug-likeness (QED) is 0.770. The Balaban J connectivity index is 2.90. The molecule has 0 spiro atoms. The highest BCUT2D eigenvalue weighted by atomic mass is 16.5. The first-order valence-corrected chi connectivity index (χ1v) is 7.23. The maximum atomic E-state index is 12.2. The first kappa shape index (κ1) is 17.8. The lowest BCUT2D eigenvalue weighted by Crippen LogP contribution is -2.41. The van der Waals surface area contributed by atoms with Gasteiger partial charge in [0.05, 0.1) is 13.7 Å². The molecule has 1 aromatic rings. The smallest absolute Gasteiger partial charge is 0.326 e. The molecule has 1 rings (SSSR count). The highest BCUT2D eigenvalue weighted by Crippen LogP contribution is 2.28. The van der Waals surface area contributed by atoms with Gasteiger partial charge in [0.15, 0.2) is 11.5 Å². The number of carbonyl (C=O) groups excluding carboxylic acids is 1. The fourth-order valence-electron chi connectivity index (χ4n) is 2.02. The van der Waals surface area contributed by atoms with Crippen LogP contribution in [0.2, 0.25) is 0 Å². The van der Waals surface area contributed by atoms with E-state index in [2.05, 4.69) is 5.32 Å². The molecule has 0 heterocycles. The van der Waals surface area contributed by atoms with Crippen LogP contribution in [0, 0.1) is 5.92 Å². The molecule has 1 atom stereocenters. The van der Waals surface area contributed by atoms with Gasteiger partial charge in [-0.15, -0.1) is 0 Å². The lowest BCUT2D eigenvalue weighted by Gasteiger charge is -2.17. The van der Waals surface area contributed by atoms with Gasteiger partial charge in [0.2, 0.25) is 0 Å². The molecule has 0 fully saturated rings. The number of methoxy groups -OCH3 is 1. The van der Waals surface area contributed by atoms with Gasteiger partial charge >= 0.3 is 5.97 Å². The van der Waals surface area contributed by atoms with E-state index in [9.17, 15) is 14.7 Å². The second-order valence-electron chi connectivity index (χ2n) is 5.29. The van der Waals surface area contributed by atoms with Gasteiger partial charge in [-0.05, 0) is 37.5 Å². The van der Waals surface area contributed by atoms with Crippen molar-refractivity contribution < 1.29 is 24.2 Å². The monoisotopic (exact) mass is 309 g/mol. The molecule has 0 aromatic heterocycles. The van der Waals surface area contributed by atoms with Gasteiger partial charge in [-0.2, -0.15) is 0 Å². The molecule has 122 valence electrons. The van der Waals surface area contributed by atoms with E-state index in [4.69, 9.17) is 9.47 Å². The summed E-state index contributed by atoms with van der Waals surface area (Å²) >= 11 is 0. The molecule has 1 amide bonds. The van der Waals surface area contributed by atoms with Crippen molar-refractivity contribution in [3.8, 4) is 11.5 Å². The Kier molecular flexibility index (Phi) is 6.69. The van der Waals surface area contributed by atoms with Gasteiger partial charge in [-0.1, -0.05) is 13.8 Å². The molecule has 22 heavy (non-hydrogen) atoms. The molecule has 0 aliphatic rings. The number of benzene rings is 1. The topological polar surface area (TPSA) is 84.9 Å². The van der Waals surface area contributed by atoms with Crippen LogP contribution in [0.4, 0.5) is 0 Å². The van der Waals surface area contributed by atoms with E-state index >= 15 is 0 Å². The molecule has 2 N–H and O–H groups in total. The van der Waals surface area contributed by atoms with E-state index in [0.29, 0.717) is 30.1 Å². The Morgan fingerprint density at radius 1 is 1.27 bits per heavy atom. The van der Waals surface area contributed by atoms with Gasteiger partial charge in [-0.3, -0.25) is 4.79 Å². The Bertz CT molecular complexity index is 527. The van der Waals surface area contributed by atoms with Gasteiger partial charge in [-0.25, -0.2) is 4.79 Å². The Hall–Kier alpha value is -2.24. The molecule has 1 unspecified atom stereocenters. The molecule has 6 nitrogen and oxygen atoms in total. The molecule has 6 heteroatoms. The molecule has 0 radical (unpaired) electrons. The van der Waals surface area contributed by atoms with Crippen molar-refractivity contribution in [1.29, 1.82) is 0 Å². The maximum Gasteiger partial charge on any atom is 0.326 e. The van der Waals surface area contributed by atoms with Crippen LogP contribution in [-0.2, 0) is 4.79 Å². The van der Waals surface area contributed by atoms with E-state index in [1.807, 2.05) is 20.8 Å². The van der Waals surface area contributed by atoms with Crippen LogP contribution in [0.15, 0.2) is 18.2 Å². The average Bonchev–Trinajstić information content (AvgIpc) is 2.46. The normalized spacial score (nSPS) is 11.9. The summed E-state index contributed by atoms with van der Waals surface area (Å²) in [5.74, 6) is -0.352. The summed E-state index contributed by atoms with van der Waals surface area (Å²) in [5.41, 5.74) is 0.329. The number of amides is 1. The lowest BCUT2D eigenvalue weighted by molar-refractivity contribution is -0.139. The minimum Gasteiger partial charge on any atom is -0.493 e. The standard InChI is InChI=1S/C16H23NO5/c1-5-22-13-7-6-11(9-14(13)21-4)15(18)17-12(16(19)20)8-10(2)3/h6-7,9-10,12H,5,8H2,1-4H3,(H,17,18)(H,19,20). The molecule has 0 saturated carbocycles. The van der Waals surface area contributed by atoms with Gasteiger partial charge in [0.1, 0.15) is 6.04 Å². The number of carboxylic acids is 1. The Labute approximate surface area is 130 Å². The van der Waals surface area contributed by atoms with Crippen molar-refractivity contribution >= 4 is 11.9 Å². The van der Waals surface area contributed by atoms with Crippen LogP contribution in [0.5, 0.6) is 11.5 Å². The van der Waals surface area contributed by atoms with Crippen molar-refractivity contribution in [2.75, 3.05) is 13.7 Å². The van der Waals surface area contributed by atoms with Crippen molar-refractivity contribution in [3.63, 3.8) is 0 Å². The number of carboxylic acid groups (broad SMARTS) is 1. The molecule has 1 aromatic carbocycles. The molecule has 0 aliphatic carbocycles. The zero-order chi connectivity index (χ0) is 16.7. The fourth-order valence-corrected chi connectivity index (χ4v) is 2.02. The van der Waals surface area contributed by atoms with Crippen LogP contribution in [0.25, 0.3) is 0 Å². The van der Waals surface area contributed by atoms with Crippen molar-refractivity contribution in [2.45, 2.75) is 33.2 Å². The second kappa shape index (κ2) is 8.26. The van der Waals surface area contributed by atoms with Crippen molar-refractivity contribution in [3.05, 3.63) is 23.8 Å². The van der Waals surface area contributed by atoms with Crippen LogP contribution < -0.4 is 14.8 Å². The molecular formula is C16H23NO5. The van der Waals surface area contributed by atoms with E-state index in [1.54, 1.807) is 12.1 Å². The molecule has 0 aliphatic heterocycles. The Morgan fingerprint density at radius 2 is 1.95 bits per heavy atom. The second-order valence-corrected chi connectivity index (χ2v) is 5.29. The third kappa shape index (κ3) is 4.95. The summed E-state index contributed by atoms with van der Waals surface area (Å²) in [7, 11) is 1.48. The SMILES string of the molecule is CCOc1ccc(C(=O)NC(CC(C)C)C(=O)O)cc1OC. The summed E-state index contributed by atoms with van der Waals surface area (Å²) in [6, 6.07) is 3.84. The first-order valence-electron chi connectivity index (χ1n) is 7.23. The van der Waals surface area contributed by atoms with E-state index in [-0.39, 0.29) is 5.92 Å². The summed E-state index contributed by atoms with van der Waals surface area (Å²) in [4.78, 5) is 23.4. The number of rotatable bonds is 8. The fraction of sp³-hybridized carbons (Fsp3) is 0.500. The molecule has 0 saturated heterocycles. The zero-order valence-corrected chi connectivity index (χ0v) is 13.4. The summed E-state index contributed by atoms with van der Waals surface area (Å²) in [5, 5.41) is 11.7. The summed E-state index contributed by atoms with van der Waals surface area (Å²) in [6.45, 7) is 6.14. The zero-order valence-electron chi connectivity index (χ0n) is 13.4. The Morgan fingerprint density at radius 3 is 2.45 bits per heavy atom. The number of nitrogens with one attached hydrogen (secondary N) is 1. The maximum absolute atomic E-state index is 12.2. The van der Waals surface area contributed by atoms with Crippen molar-refractivity contribution in [1.82, 2.24) is 5.32 Å². The number of hydrogen-bond donors (Lipinski definition) is 2. The largest absolute Gasteiger partial charge is 0.493 e. The predicted molar refractivity (Wildman–Crippen MR) is 82.5 cm³/mol. The minimum absolute atomic E-state index is 0.163. The number of carbonyl (C=O) groups is 2. The van der Waals surface area contributed by atoms with E-state index in [1.165, 1.54) is 13.2 Å². The first-order chi connectivity index (χ1) is 10.4. The van der Waals surface area contributed by atoms with Crippen LogP contribution >= 0.6 is 0 Å². The highest BCUT2D eigenvalue weighted by Gasteiger charge is 2.22. The van der Waals surface area contributed by atoms with Crippen molar-refractivity contribution in [2.24, 2.45) is 5.92 Å². The van der Waals surface area contributed by atoms with Gasteiger partial charge in [0, 0.05) is 5.56 Å². The third-order valence-electron chi connectivity index (χ3n) is 3.04. The lowest BCUT2D eigenvalue weighted by atomic mass is 10.0. The summed E-state index contributed by atoms with van der Waals surface area (Å²) < 4.78 is 10.6. The van der Waals surface area contributed by atoms with Crippen LogP contribution in [-0.4, -0.2) is 36.7 Å². The number of hydrogen-bond acceptors (Lipinski definition) is 4. The molecular weight excluding hydrogens is 286 g/mol. The number of ether oxygens (including phenoxy) is 2. The highest BCUT2D eigenvalue weighted by molar-refractivity contribution is 5.97. The number of aliphatic carboxylic acids is 1. The third-order valence-corrected chi connectivity index (χ3v) is 3.04. The van der Waals surface area contributed by atoms with Crippen LogP contribution in [0.3, 0.4) is 0 Å². The van der Waals surface area contributed by atoms with Gasteiger partial charge < -0.3 is 19.9 Å². The molecule has 0 bridgehead atoms. The van der Waals surface area contributed by atoms with Gasteiger partial charge in [0.25, 0.3) is 5.91 Å².